The van der Waals surface area contributed by atoms with Gasteiger partial charge >= 0.3 is 0 Å². The van der Waals surface area contributed by atoms with Crippen molar-refractivity contribution in [1.29, 1.82) is 0 Å². The van der Waals surface area contributed by atoms with Gasteiger partial charge in [-0.25, -0.2) is 4.39 Å². The minimum absolute atomic E-state index is 0.154. The average Bonchev–Trinajstić information content (AvgIpc) is 2.31. The molecule has 17 heavy (non-hydrogen) atoms. The molecule has 0 saturated carbocycles. The molecule has 0 aromatic heterocycles. The third-order valence-electron chi connectivity index (χ3n) is 3.25. The van der Waals surface area contributed by atoms with Crippen LogP contribution in [0.3, 0.4) is 0 Å². The lowest BCUT2D eigenvalue weighted by Crippen LogP contribution is -2.33. The molecule has 3 heteroatoms. The van der Waals surface area contributed by atoms with Gasteiger partial charge in [-0.05, 0) is 51.0 Å². The summed E-state index contributed by atoms with van der Waals surface area (Å²) < 4.78 is 13.3. The lowest BCUT2D eigenvalue weighted by molar-refractivity contribution is 0.608. The van der Waals surface area contributed by atoms with Gasteiger partial charge in [-0.2, -0.15) is 0 Å². The number of benzene rings is 1. The van der Waals surface area contributed by atoms with Gasteiger partial charge in [0.1, 0.15) is 5.82 Å². The van der Waals surface area contributed by atoms with Crippen LogP contribution in [0.1, 0.15) is 45.7 Å². The number of anilines is 1. The Balaban J connectivity index is 3.18. The van der Waals surface area contributed by atoms with E-state index in [-0.39, 0.29) is 11.9 Å². The molecular weight excluding hydrogens is 215 g/mol. The van der Waals surface area contributed by atoms with E-state index in [1.54, 1.807) is 6.07 Å². The van der Waals surface area contributed by atoms with Crippen LogP contribution in [0.2, 0.25) is 0 Å². The molecule has 2 N–H and O–H groups in total. The van der Waals surface area contributed by atoms with Gasteiger partial charge in [0.05, 0.1) is 0 Å². The molecule has 0 spiro atoms. The fourth-order valence-corrected chi connectivity index (χ4v) is 2.09. The maximum absolute atomic E-state index is 13.3. The lowest BCUT2D eigenvalue weighted by atomic mass is 10.0. The van der Waals surface area contributed by atoms with Crippen LogP contribution in [0.25, 0.3) is 0 Å². The molecule has 1 rings (SSSR count). The Hall–Kier alpha value is -1.09. The summed E-state index contributed by atoms with van der Waals surface area (Å²) in [6, 6.07) is 5.17. The van der Waals surface area contributed by atoms with E-state index in [0.29, 0.717) is 6.04 Å². The SMILES string of the molecule is CCC(C)N(CC)c1ccc(F)cc1[C@@H](C)N. The highest BCUT2D eigenvalue weighted by Crippen LogP contribution is 2.28. The standard InChI is InChI=1S/C14H23FN2/c1-5-10(3)17(6-2)14-8-7-12(15)9-13(14)11(4)16/h7-11H,5-6,16H2,1-4H3/t10?,11-/m1/s1. The molecule has 1 aromatic carbocycles. The van der Waals surface area contributed by atoms with E-state index in [4.69, 9.17) is 5.73 Å². The molecule has 0 heterocycles. The summed E-state index contributed by atoms with van der Waals surface area (Å²) in [5, 5.41) is 0. The first kappa shape index (κ1) is 14.0. The van der Waals surface area contributed by atoms with Crippen molar-refractivity contribution < 1.29 is 4.39 Å². The predicted molar refractivity (Wildman–Crippen MR) is 71.8 cm³/mol. The van der Waals surface area contributed by atoms with Gasteiger partial charge in [-0.15, -0.1) is 0 Å². The van der Waals surface area contributed by atoms with Crippen LogP contribution in [-0.2, 0) is 0 Å². The largest absolute Gasteiger partial charge is 0.369 e. The molecule has 1 aromatic rings. The number of rotatable bonds is 5. The molecule has 0 saturated heterocycles. The molecule has 0 aliphatic heterocycles. The van der Waals surface area contributed by atoms with Crippen molar-refractivity contribution >= 4 is 5.69 Å². The molecule has 0 radical (unpaired) electrons. The van der Waals surface area contributed by atoms with Crippen molar-refractivity contribution in [3.05, 3.63) is 29.6 Å². The third kappa shape index (κ3) is 3.19. The maximum atomic E-state index is 13.3. The monoisotopic (exact) mass is 238 g/mol. The summed E-state index contributed by atoms with van der Waals surface area (Å²) in [7, 11) is 0. The van der Waals surface area contributed by atoms with Crippen molar-refractivity contribution in [3.63, 3.8) is 0 Å². The molecule has 2 atom stereocenters. The van der Waals surface area contributed by atoms with Crippen LogP contribution in [0.4, 0.5) is 10.1 Å². The van der Waals surface area contributed by atoms with Crippen LogP contribution in [0.15, 0.2) is 18.2 Å². The van der Waals surface area contributed by atoms with E-state index in [2.05, 4.69) is 25.7 Å². The van der Waals surface area contributed by atoms with Gasteiger partial charge in [0.2, 0.25) is 0 Å². The van der Waals surface area contributed by atoms with E-state index in [1.807, 2.05) is 13.0 Å². The molecule has 0 aliphatic rings. The van der Waals surface area contributed by atoms with E-state index in [0.717, 1.165) is 24.2 Å². The second-order valence-electron chi connectivity index (χ2n) is 4.54. The number of nitrogens with two attached hydrogens (primary N) is 1. The molecule has 0 aliphatic carbocycles. The number of nitrogens with zero attached hydrogens (tertiary/aromatic N) is 1. The van der Waals surface area contributed by atoms with Crippen LogP contribution in [0, 0.1) is 5.82 Å². The maximum Gasteiger partial charge on any atom is 0.123 e. The quantitative estimate of drug-likeness (QED) is 0.851. The summed E-state index contributed by atoms with van der Waals surface area (Å²) in [4.78, 5) is 2.28. The number of halogens is 1. The van der Waals surface area contributed by atoms with Crippen molar-refractivity contribution in [3.8, 4) is 0 Å². The van der Waals surface area contributed by atoms with E-state index < -0.39 is 0 Å². The summed E-state index contributed by atoms with van der Waals surface area (Å²) in [5.74, 6) is -0.221. The molecule has 2 nitrogen and oxygen atoms in total. The smallest absolute Gasteiger partial charge is 0.123 e. The van der Waals surface area contributed by atoms with Crippen LogP contribution in [0.5, 0.6) is 0 Å². The van der Waals surface area contributed by atoms with Gasteiger partial charge in [0, 0.05) is 24.3 Å². The van der Waals surface area contributed by atoms with Crippen molar-refractivity contribution in [2.45, 2.75) is 46.2 Å². The van der Waals surface area contributed by atoms with Crippen molar-refractivity contribution in [2.24, 2.45) is 5.73 Å². The second kappa shape index (κ2) is 6.01. The third-order valence-corrected chi connectivity index (χ3v) is 3.25. The minimum Gasteiger partial charge on any atom is -0.369 e. The van der Waals surface area contributed by atoms with Gasteiger partial charge in [0.15, 0.2) is 0 Å². The molecule has 0 fully saturated rings. The minimum atomic E-state index is -0.221. The zero-order valence-corrected chi connectivity index (χ0v) is 11.2. The highest BCUT2D eigenvalue weighted by atomic mass is 19.1. The van der Waals surface area contributed by atoms with Crippen molar-refractivity contribution in [1.82, 2.24) is 0 Å². The van der Waals surface area contributed by atoms with Gasteiger partial charge in [-0.3, -0.25) is 0 Å². The predicted octanol–water partition coefficient (Wildman–Crippen LogP) is 3.47. The second-order valence-corrected chi connectivity index (χ2v) is 4.54. The average molecular weight is 238 g/mol. The Morgan fingerprint density at radius 3 is 2.41 bits per heavy atom. The zero-order chi connectivity index (χ0) is 13.0. The first-order chi connectivity index (χ1) is 8.01. The Kier molecular flexibility index (Phi) is 4.94. The highest BCUT2D eigenvalue weighted by Gasteiger charge is 2.17. The molecule has 0 bridgehead atoms. The first-order valence-corrected chi connectivity index (χ1v) is 6.32. The summed E-state index contributed by atoms with van der Waals surface area (Å²) >= 11 is 0. The Morgan fingerprint density at radius 2 is 1.94 bits per heavy atom. The lowest BCUT2D eigenvalue weighted by Gasteiger charge is -2.32. The molecular formula is C14H23FN2. The fourth-order valence-electron chi connectivity index (χ4n) is 2.09. The fraction of sp³-hybridized carbons (Fsp3) is 0.571. The summed E-state index contributed by atoms with van der Waals surface area (Å²) in [5.41, 5.74) is 7.86. The van der Waals surface area contributed by atoms with E-state index in [9.17, 15) is 4.39 Å². The summed E-state index contributed by atoms with van der Waals surface area (Å²) in [6.45, 7) is 9.24. The Morgan fingerprint density at radius 1 is 1.29 bits per heavy atom. The van der Waals surface area contributed by atoms with Crippen molar-refractivity contribution in [2.75, 3.05) is 11.4 Å². The van der Waals surface area contributed by atoms with Crippen LogP contribution < -0.4 is 10.6 Å². The van der Waals surface area contributed by atoms with Crippen LogP contribution in [-0.4, -0.2) is 12.6 Å². The normalized spacial score (nSPS) is 14.5. The summed E-state index contributed by atoms with van der Waals surface area (Å²) in [6.07, 6.45) is 1.06. The Labute approximate surface area is 104 Å². The number of hydrogen-bond acceptors (Lipinski definition) is 2. The first-order valence-electron chi connectivity index (χ1n) is 6.32. The zero-order valence-electron chi connectivity index (χ0n) is 11.2. The molecule has 0 amide bonds. The molecule has 1 unspecified atom stereocenters. The van der Waals surface area contributed by atoms with Gasteiger partial charge in [0.25, 0.3) is 0 Å². The number of hydrogen-bond donors (Lipinski definition) is 1. The molecule has 96 valence electrons. The van der Waals surface area contributed by atoms with E-state index in [1.165, 1.54) is 6.07 Å². The van der Waals surface area contributed by atoms with Gasteiger partial charge in [-0.1, -0.05) is 6.92 Å². The topological polar surface area (TPSA) is 29.3 Å². The van der Waals surface area contributed by atoms with Gasteiger partial charge < -0.3 is 10.6 Å². The Bertz CT molecular complexity index is 363. The van der Waals surface area contributed by atoms with E-state index >= 15 is 0 Å². The highest BCUT2D eigenvalue weighted by molar-refractivity contribution is 5.55. The van der Waals surface area contributed by atoms with Crippen LogP contribution >= 0.6 is 0 Å².